The maximum atomic E-state index is 11.6. The standard InChI is InChI=1S/C18H24N4O3S/c1-3-22(8-9-25-2)11-12-4-6-13(7-5-12)15-10-14(21-18(20)24)16(26-15)17(19)23/h4-7,10H,3,8-9,11H2,1-2H3,(H2,19,23)(H3,20,21,24). The van der Waals surface area contributed by atoms with E-state index in [1.165, 1.54) is 16.9 Å². The number of carbonyl (C=O) groups excluding carboxylic acids is 2. The first-order chi connectivity index (χ1) is 12.4. The van der Waals surface area contributed by atoms with Crippen LogP contribution in [-0.4, -0.2) is 43.6 Å². The molecule has 0 aliphatic carbocycles. The number of nitrogens with two attached hydrogens (primary N) is 2. The quantitative estimate of drug-likeness (QED) is 0.624. The van der Waals surface area contributed by atoms with Gasteiger partial charge in [-0.1, -0.05) is 31.2 Å². The number of urea groups is 1. The van der Waals surface area contributed by atoms with Crippen molar-refractivity contribution < 1.29 is 14.3 Å². The molecule has 0 atom stereocenters. The number of primary amides is 2. The third-order valence-corrected chi connectivity index (χ3v) is 5.12. The Morgan fingerprint density at radius 3 is 2.46 bits per heavy atom. The summed E-state index contributed by atoms with van der Waals surface area (Å²) in [6, 6.07) is 9.06. The van der Waals surface area contributed by atoms with Crippen molar-refractivity contribution in [2.24, 2.45) is 11.5 Å². The maximum absolute atomic E-state index is 11.6. The smallest absolute Gasteiger partial charge is 0.316 e. The van der Waals surface area contributed by atoms with E-state index in [9.17, 15) is 9.59 Å². The van der Waals surface area contributed by atoms with Crippen LogP contribution in [0.4, 0.5) is 10.5 Å². The zero-order chi connectivity index (χ0) is 19.1. The van der Waals surface area contributed by atoms with Crippen molar-refractivity contribution in [2.75, 3.05) is 32.1 Å². The van der Waals surface area contributed by atoms with Gasteiger partial charge in [-0.15, -0.1) is 11.3 Å². The van der Waals surface area contributed by atoms with Crippen molar-refractivity contribution in [2.45, 2.75) is 13.5 Å². The van der Waals surface area contributed by atoms with Crippen LogP contribution in [0.1, 0.15) is 22.2 Å². The summed E-state index contributed by atoms with van der Waals surface area (Å²) >= 11 is 1.23. The Balaban J connectivity index is 2.17. The SMILES string of the molecule is CCN(CCOC)Cc1ccc(-c2cc(NC(N)=O)c(C(N)=O)s2)cc1. The molecule has 0 radical (unpaired) electrons. The van der Waals surface area contributed by atoms with Gasteiger partial charge in [0, 0.05) is 25.1 Å². The molecule has 0 saturated carbocycles. The fourth-order valence-corrected chi connectivity index (χ4v) is 3.52. The van der Waals surface area contributed by atoms with Crippen LogP contribution in [-0.2, 0) is 11.3 Å². The maximum Gasteiger partial charge on any atom is 0.316 e. The number of carbonyl (C=O) groups is 2. The van der Waals surface area contributed by atoms with Crippen molar-refractivity contribution >= 4 is 29.0 Å². The summed E-state index contributed by atoms with van der Waals surface area (Å²) in [5, 5.41) is 2.44. The normalized spacial score (nSPS) is 10.9. The minimum Gasteiger partial charge on any atom is -0.383 e. The Labute approximate surface area is 156 Å². The van der Waals surface area contributed by atoms with Gasteiger partial charge in [0.25, 0.3) is 5.91 Å². The van der Waals surface area contributed by atoms with Gasteiger partial charge in [0.2, 0.25) is 0 Å². The molecule has 0 aliphatic rings. The summed E-state index contributed by atoms with van der Waals surface area (Å²) in [5.41, 5.74) is 13.0. The van der Waals surface area contributed by atoms with Gasteiger partial charge in [-0.25, -0.2) is 4.79 Å². The highest BCUT2D eigenvalue weighted by Gasteiger charge is 2.16. The number of methoxy groups -OCH3 is 1. The largest absolute Gasteiger partial charge is 0.383 e. The zero-order valence-electron chi connectivity index (χ0n) is 15.0. The Morgan fingerprint density at radius 2 is 1.92 bits per heavy atom. The molecule has 1 heterocycles. The van der Waals surface area contributed by atoms with Crippen molar-refractivity contribution in [3.05, 3.63) is 40.8 Å². The second-order valence-corrected chi connectivity index (χ2v) is 6.82. The van der Waals surface area contributed by atoms with Gasteiger partial charge in [-0.05, 0) is 23.7 Å². The van der Waals surface area contributed by atoms with E-state index in [1.807, 2.05) is 12.1 Å². The minimum absolute atomic E-state index is 0.277. The molecular formula is C18H24N4O3S. The molecule has 1 aromatic heterocycles. The third kappa shape index (κ3) is 5.29. The number of ether oxygens (including phenoxy) is 1. The molecule has 8 heteroatoms. The minimum atomic E-state index is -0.733. The lowest BCUT2D eigenvalue weighted by Gasteiger charge is -2.20. The highest BCUT2D eigenvalue weighted by atomic mass is 32.1. The summed E-state index contributed by atoms with van der Waals surface area (Å²) in [4.78, 5) is 26.1. The van der Waals surface area contributed by atoms with E-state index in [0.717, 1.165) is 30.1 Å². The number of nitrogens with zero attached hydrogens (tertiary/aromatic N) is 1. The van der Waals surface area contributed by atoms with Crippen LogP contribution in [0, 0.1) is 0 Å². The topological polar surface area (TPSA) is 111 Å². The van der Waals surface area contributed by atoms with E-state index in [-0.39, 0.29) is 4.88 Å². The first kappa shape index (κ1) is 19.9. The summed E-state index contributed by atoms with van der Waals surface area (Å²) in [6.07, 6.45) is 0. The highest BCUT2D eigenvalue weighted by molar-refractivity contribution is 7.18. The van der Waals surface area contributed by atoms with E-state index >= 15 is 0 Å². The zero-order valence-corrected chi connectivity index (χ0v) is 15.8. The van der Waals surface area contributed by atoms with Gasteiger partial charge in [0.15, 0.2) is 0 Å². The molecule has 3 amide bonds. The molecule has 26 heavy (non-hydrogen) atoms. The first-order valence-electron chi connectivity index (χ1n) is 8.25. The lowest BCUT2D eigenvalue weighted by molar-refractivity contribution is 0.100. The molecule has 0 spiro atoms. The van der Waals surface area contributed by atoms with Gasteiger partial charge < -0.3 is 21.5 Å². The summed E-state index contributed by atoms with van der Waals surface area (Å²) in [7, 11) is 1.70. The molecule has 0 unspecified atom stereocenters. The number of amides is 3. The van der Waals surface area contributed by atoms with Crippen molar-refractivity contribution in [1.29, 1.82) is 0 Å². The summed E-state index contributed by atoms with van der Waals surface area (Å²) < 4.78 is 5.13. The number of benzene rings is 1. The molecule has 7 nitrogen and oxygen atoms in total. The van der Waals surface area contributed by atoms with Gasteiger partial charge in [0.1, 0.15) is 4.88 Å². The third-order valence-electron chi connectivity index (χ3n) is 3.92. The van der Waals surface area contributed by atoms with Gasteiger partial charge in [0.05, 0.1) is 12.3 Å². The summed E-state index contributed by atoms with van der Waals surface area (Å²) in [5.74, 6) is -0.599. The van der Waals surface area contributed by atoms with Gasteiger partial charge >= 0.3 is 6.03 Å². The molecule has 2 aromatic rings. The number of anilines is 1. The average molecular weight is 376 g/mol. The first-order valence-corrected chi connectivity index (χ1v) is 9.07. The second-order valence-electron chi connectivity index (χ2n) is 5.77. The molecule has 0 fully saturated rings. The predicted molar refractivity (Wildman–Crippen MR) is 104 cm³/mol. The van der Waals surface area contributed by atoms with Crippen LogP contribution in [0.5, 0.6) is 0 Å². The fraction of sp³-hybridized carbons (Fsp3) is 0.333. The van der Waals surface area contributed by atoms with Crippen LogP contribution >= 0.6 is 11.3 Å². The van der Waals surface area contributed by atoms with Crippen LogP contribution in [0.2, 0.25) is 0 Å². The van der Waals surface area contributed by atoms with E-state index in [0.29, 0.717) is 12.3 Å². The predicted octanol–water partition coefficient (Wildman–Crippen LogP) is 2.47. The Morgan fingerprint density at radius 1 is 1.23 bits per heavy atom. The number of hydrogen-bond donors (Lipinski definition) is 3. The molecule has 0 bridgehead atoms. The van der Waals surface area contributed by atoms with E-state index in [2.05, 4.69) is 29.3 Å². The molecule has 5 N–H and O–H groups in total. The second kappa shape index (κ2) is 9.33. The monoisotopic (exact) mass is 376 g/mol. The number of nitrogens with one attached hydrogen (secondary N) is 1. The molecule has 140 valence electrons. The van der Waals surface area contributed by atoms with Crippen LogP contribution in [0.3, 0.4) is 0 Å². The summed E-state index contributed by atoms with van der Waals surface area (Å²) in [6.45, 7) is 5.48. The lowest BCUT2D eigenvalue weighted by atomic mass is 10.1. The number of hydrogen-bond acceptors (Lipinski definition) is 5. The Bertz CT molecular complexity index is 758. The molecule has 2 rings (SSSR count). The van der Waals surface area contributed by atoms with Gasteiger partial charge in [-0.3, -0.25) is 9.69 Å². The van der Waals surface area contributed by atoms with Crippen molar-refractivity contribution in [3.8, 4) is 10.4 Å². The lowest BCUT2D eigenvalue weighted by Crippen LogP contribution is -2.26. The van der Waals surface area contributed by atoms with Crippen molar-refractivity contribution in [3.63, 3.8) is 0 Å². The average Bonchev–Trinajstić information content (AvgIpc) is 3.02. The number of rotatable bonds is 9. The molecule has 0 saturated heterocycles. The van der Waals surface area contributed by atoms with E-state index in [1.54, 1.807) is 13.2 Å². The number of thiophene rings is 1. The van der Waals surface area contributed by atoms with Gasteiger partial charge in [-0.2, -0.15) is 0 Å². The Kier molecular flexibility index (Phi) is 7.14. The molecular weight excluding hydrogens is 352 g/mol. The fourth-order valence-electron chi connectivity index (χ4n) is 2.54. The van der Waals surface area contributed by atoms with E-state index < -0.39 is 11.9 Å². The Hall–Kier alpha value is -2.42. The van der Waals surface area contributed by atoms with Crippen LogP contribution in [0.25, 0.3) is 10.4 Å². The number of likely N-dealkylation sites (N-methyl/N-ethyl adjacent to an activating group) is 1. The van der Waals surface area contributed by atoms with Crippen LogP contribution in [0.15, 0.2) is 30.3 Å². The van der Waals surface area contributed by atoms with E-state index in [4.69, 9.17) is 16.2 Å². The van der Waals surface area contributed by atoms with Crippen LogP contribution < -0.4 is 16.8 Å². The molecule has 1 aromatic carbocycles. The molecule has 0 aliphatic heterocycles. The highest BCUT2D eigenvalue weighted by Crippen LogP contribution is 2.34. The van der Waals surface area contributed by atoms with Crippen molar-refractivity contribution in [1.82, 2.24) is 4.90 Å².